The Morgan fingerprint density at radius 3 is 2.56 bits per heavy atom. The molecule has 8 heteroatoms. The normalized spacial score (nSPS) is 11.7. The summed E-state index contributed by atoms with van der Waals surface area (Å²) in [4.78, 5) is 30.0. The molecule has 2 rings (SSSR count). The molecule has 0 radical (unpaired) electrons. The lowest BCUT2D eigenvalue weighted by Gasteiger charge is -2.27. The number of ether oxygens (including phenoxy) is 1. The molecule has 0 saturated carbocycles. The number of carbonyl (C=O) groups excluding carboxylic acids is 2. The molecule has 0 saturated heterocycles. The van der Waals surface area contributed by atoms with Gasteiger partial charge < -0.3 is 9.64 Å². The molecule has 1 amide bonds. The minimum absolute atomic E-state index is 0.0828. The lowest BCUT2D eigenvalue weighted by molar-refractivity contribution is -0.148. The molecule has 0 bridgehead atoms. The van der Waals surface area contributed by atoms with Gasteiger partial charge in [0.05, 0.1) is 12.2 Å². The van der Waals surface area contributed by atoms with Crippen LogP contribution in [-0.4, -0.2) is 35.4 Å². The van der Waals surface area contributed by atoms with E-state index in [1.165, 1.54) is 25.5 Å². The predicted octanol–water partition coefficient (Wildman–Crippen LogP) is 3.50. The van der Waals surface area contributed by atoms with Crippen molar-refractivity contribution in [2.24, 2.45) is 0 Å². The number of rotatable bonds is 5. The average molecular weight is 413 g/mol. The molecule has 1 atom stereocenters. The van der Waals surface area contributed by atoms with Gasteiger partial charge in [0, 0.05) is 23.9 Å². The Bertz CT molecular complexity index is 801. The Morgan fingerprint density at radius 2 is 1.96 bits per heavy atom. The minimum atomic E-state index is -1.22. The van der Waals surface area contributed by atoms with Gasteiger partial charge in [-0.15, -0.1) is 0 Å². The third kappa shape index (κ3) is 4.39. The van der Waals surface area contributed by atoms with Gasteiger partial charge in [-0.25, -0.2) is 13.6 Å². The average Bonchev–Trinajstić information content (AvgIpc) is 2.57. The highest BCUT2D eigenvalue weighted by Gasteiger charge is 2.31. The van der Waals surface area contributed by atoms with Gasteiger partial charge in [0.1, 0.15) is 0 Å². The molecule has 1 aromatic carbocycles. The number of pyridine rings is 1. The fourth-order valence-corrected chi connectivity index (χ4v) is 2.64. The maximum atomic E-state index is 13.6. The number of halogens is 3. The van der Waals surface area contributed by atoms with Crippen molar-refractivity contribution in [3.8, 4) is 0 Å². The molecule has 25 heavy (non-hydrogen) atoms. The van der Waals surface area contributed by atoms with Crippen LogP contribution in [0.5, 0.6) is 0 Å². The van der Waals surface area contributed by atoms with Crippen LogP contribution in [-0.2, 0) is 9.53 Å². The van der Waals surface area contributed by atoms with Gasteiger partial charge in [0.15, 0.2) is 17.7 Å². The second kappa shape index (κ2) is 8.15. The fraction of sp³-hybridized carbons (Fsp3) is 0.235. The molecule has 0 fully saturated rings. The van der Waals surface area contributed by atoms with Crippen LogP contribution in [0.4, 0.5) is 8.78 Å². The second-order valence-electron chi connectivity index (χ2n) is 5.14. The van der Waals surface area contributed by atoms with Gasteiger partial charge in [-0.1, -0.05) is 6.07 Å². The summed E-state index contributed by atoms with van der Waals surface area (Å²) >= 11 is 3.22. The summed E-state index contributed by atoms with van der Waals surface area (Å²) in [6.45, 7) is 1.69. The van der Waals surface area contributed by atoms with Crippen molar-refractivity contribution >= 4 is 27.8 Å². The first-order valence-electron chi connectivity index (χ1n) is 7.34. The first-order chi connectivity index (χ1) is 11.8. The molecule has 0 aliphatic heterocycles. The summed E-state index contributed by atoms with van der Waals surface area (Å²) in [7, 11) is 1.38. The van der Waals surface area contributed by atoms with Gasteiger partial charge in [-0.2, -0.15) is 0 Å². The zero-order valence-corrected chi connectivity index (χ0v) is 15.1. The fourth-order valence-electron chi connectivity index (χ4n) is 2.27. The minimum Gasteiger partial charge on any atom is -0.464 e. The molecule has 0 aliphatic rings. The molecule has 5 nitrogen and oxygen atoms in total. The van der Waals surface area contributed by atoms with Gasteiger partial charge >= 0.3 is 5.97 Å². The zero-order chi connectivity index (χ0) is 18.6. The Hall–Kier alpha value is -2.35. The van der Waals surface area contributed by atoms with Crippen molar-refractivity contribution in [3.63, 3.8) is 0 Å². The van der Waals surface area contributed by atoms with Gasteiger partial charge in [0.2, 0.25) is 0 Å². The molecule has 1 aromatic heterocycles. The summed E-state index contributed by atoms with van der Waals surface area (Å²) in [6, 6.07) is 3.33. The number of hydrogen-bond donors (Lipinski definition) is 0. The summed E-state index contributed by atoms with van der Waals surface area (Å²) in [5, 5.41) is 0. The van der Waals surface area contributed by atoms with E-state index in [0.717, 1.165) is 17.0 Å². The van der Waals surface area contributed by atoms with Crippen molar-refractivity contribution < 1.29 is 23.1 Å². The van der Waals surface area contributed by atoms with E-state index >= 15 is 0 Å². The third-order valence-electron chi connectivity index (χ3n) is 3.43. The van der Waals surface area contributed by atoms with Crippen LogP contribution >= 0.6 is 15.9 Å². The highest BCUT2D eigenvalue weighted by molar-refractivity contribution is 9.10. The summed E-state index contributed by atoms with van der Waals surface area (Å²) < 4.78 is 32.4. The van der Waals surface area contributed by atoms with Crippen LogP contribution in [0.1, 0.15) is 28.9 Å². The van der Waals surface area contributed by atoms with Crippen molar-refractivity contribution in [2.75, 3.05) is 13.7 Å². The molecule has 0 N–H and O–H groups in total. The van der Waals surface area contributed by atoms with Crippen molar-refractivity contribution in [1.82, 2.24) is 9.88 Å². The molecular formula is C17H15BrF2N2O3. The smallest absolute Gasteiger partial charge is 0.333 e. The van der Waals surface area contributed by atoms with Crippen LogP contribution in [0.3, 0.4) is 0 Å². The predicted molar refractivity (Wildman–Crippen MR) is 89.8 cm³/mol. The quantitative estimate of drug-likeness (QED) is 0.705. The van der Waals surface area contributed by atoms with Crippen molar-refractivity contribution in [2.45, 2.75) is 13.0 Å². The number of amides is 1. The number of likely N-dealkylation sites (N-methyl/N-ethyl adjacent to an activating group) is 1. The summed E-state index contributed by atoms with van der Waals surface area (Å²) in [6.07, 6.45) is 2.85. The highest BCUT2D eigenvalue weighted by Crippen LogP contribution is 2.25. The lowest BCUT2D eigenvalue weighted by atomic mass is 10.0. The van der Waals surface area contributed by atoms with Crippen molar-refractivity contribution in [1.29, 1.82) is 0 Å². The van der Waals surface area contributed by atoms with Crippen LogP contribution in [0, 0.1) is 11.6 Å². The van der Waals surface area contributed by atoms with Gasteiger partial charge in [-0.3, -0.25) is 9.78 Å². The maximum Gasteiger partial charge on any atom is 0.333 e. The van der Waals surface area contributed by atoms with Crippen LogP contribution in [0.25, 0.3) is 0 Å². The number of carbonyl (C=O) groups is 2. The van der Waals surface area contributed by atoms with E-state index in [1.54, 1.807) is 13.0 Å². The SMILES string of the molecule is CCOC(=O)[C@@H](c1ccc(F)c(F)c1)N(C)C(=O)c1cncc(Br)c1. The van der Waals surface area contributed by atoms with E-state index in [2.05, 4.69) is 20.9 Å². The molecule has 1 heterocycles. The number of esters is 1. The summed E-state index contributed by atoms with van der Waals surface area (Å²) in [5.41, 5.74) is 0.338. The van der Waals surface area contributed by atoms with Crippen molar-refractivity contribution in [3.05, 3.63) is 63.9 Å². The monoisotopic (exact) mass is 412 g/mol. The molecule has 132 valence electrons. The number of benzene rings is 1. The van der Waals surface area contributed by atoms with Crippen LogP contribution in [0.2, 0.25) is 0 Å². The largest absolute Gasteiger partial charge is 0.464 e. The maximum absolute atomic E-state index is 13.6. The van der Waals surface area contributed by atoms with E-state index < -0.39 is 29.6 Å². The number of aromatic nitrogens is 1. The van der Waals surface area contributed by atoms with E-state index in [4.69, 9.17) is 4.74 Å². The molecule has 0 spiro atoms. The van der Waals surface area contributed by atoms with Crippen LogP contribution in [0.15, 0.2) is 41.1 Å². The standard InChI is InChI=1S/C17H15BrF2N2O3/c1-3-25-17(24)15(10-4-5-13(19)14(20)7-10)22(2)16(23)11-6-12(18)9-21-8-11/h4-9,15H,3H2,1-2H3/t15-/m1/s1. The Labute approximate surface area is 151 Å². The molecule has 0 aliphatic carbocycles. The van der Waals surface area contributed by atoms with E-state index in [1.807, 2.05) is 0 Å². The van der Waals surface area contributed by atoms with Gasteiger partial charge in [0.25, 0.3) is 5.91 Å². The number of nitrogens with zero attached hydrogens (tertiary/aromatic N) is 2. The van der Waals surface area contributed by atoms with E-state index in [9.17, 15) is 18.4 Å². The van der Waals surface area contributed by atoms with E-state index in [0.29, 0.717) is 4.47 Å². The molecule has 2 aromatic rings. The molecular weight excluding hydrogens is 398 g/mol. The number of hydrogen-bond acceptors (Lipinski definition) is 4. The first-order valence-corrected chi connectivity index (χ1v) is 8.13. The second-order valence-corrected chi connectivity index (χ2v) is 6.05. The Morgan fingerprint density at radius 1 is 1.24 bits per heavy atom. The highest BCUT2D eigenvalue weighted by atomic mass is 79.9. The van der Waals surface area contributed by atoms with Gasteiger partial charge in [-0.05, 0) is 46.6 Å². The topological polar surface area (TPSA) is 59.5 Å². The third-order valence-corrected chi connectivity index (χ3v) is 3.86. The zero-order valence-electron chi connectivity index (χ0n) is 13.5. The lowest BCUT2D eigenvalue weighted by Crippen LogP contribution is -2.37. The Kier molecular flexibility index (Phi) is 6.19. The Balaban J connectivity index is 2.42. The van der Waals surface area contributed by atoms with E-state index in [-0.39, 0.29) is 17.7 Å². The molecule has 0 unspecified atom stereocenters. The van der Waals surface area contributed by atoms with Crippen LogP contribution < -0.4 is 0 Å². The first kappa shape index (κ1) is 19.0. The summed E-state index contributed by atoms with van der Waals surface area (Å²) in [5.74, 6) is -3.42.